The van der Waals surface area contributed by atoms with Gasteiger partial charge < -0.3 is 0 Å². The molecule has 1 radical (unpaired) electrons. The van der Waals surface area contributed by atoms with Crippen molar-refractivity contribution in [3.63, 3.8) is 0 Å². The highest BCUT2D eigenvalue weighted by Crippen LogP contribution is 2.08. The van der Waals surface area contributed by atoms with Gasteiger partial charge in [-0.05, 0) is 25.7 Å². The molecule has 0 amide bonds. The summed E-state index contributed by atoms with van der Waals surface area (Å²) < 4.78 is 0. The quantitative estimate of drug-likeness (QED) is 0.254. The molecule has 0 aromatic heterocycles. The highest BCUT2D eigenvalue weighted by Gasteiger charge is 1.88. The Morgan fingerprint density at radius 2 is 1.17 bits per heavy atom. The van der Waals surface area contributed by atoms with E-state index in [0.29, 0.717) is 0 Å². The van der Waals surface area contributed by atoms with Crippen molar-refractivity contribution in [3.05, 3.63) is 31.2 Å². The Morgan fingerprint density at radius 1 is 0.667 bits per heavy atom. The summed E-state index contributed by atoms with van der Waals surface area (Å²) in [7, 11) is 0. The van der Waals surface area contributed by atoms with E-state index in [9.17, 15) is 0 Å². The highest BCUT2D eigenvalue weighted by atomic mass is 13.9. The third-order valence-electron chi connectivity index (χ3n) is 3.23. The second-order valence-electron chi connectivity index (χ2n) is 5.12. The summed E-state index contributed by atoms with van der Waals surface area (Å²) in [6, 6.07) is 0. The molecule has 0 aliphatic heterocycles. The first-order valence-corrected chi connectivity index (χ1v) is 8.02. The fourth-order valence-electron chi connectivity index (χ4n) is 2.01. The second-order valence-corrected chi connectivity index (χ2v) is 5.12. The molecule has 0 fully saturated rings. The van der Waals surface area contributed by atoms with E-state index in [4.69, 9.17) is 0 Å². The number of rotatable bonds is 13. The van der Waals surface area contributed by atoms with Gasteiger partial charge in [0.1, 0.15) is 0 Å². The van der Waals surface area contributed by atoms with Gasteiger partial charge in [-0.15, -0.1) is 0 Å². The van der Waals surface area contributed by atoms with Crippen LogP contribution >= 0.6 is 0 Å². The van der Waals surface area contributed by atoms with Crippen molar-refractivity contribution in [2.45, 2.75) is 84.0 Å². The normalized spacial score (nSPS) is 11.9. The van der Waals surface area contributed by atoms with Crippen LogP contribution in [0, 0.1) is 6.92 Å². The molecule has 0 rings (SSSR count). The van der Waals surface area contributed by atoms with Crippen LogP contribution in [0.1, 0.15) is 84.0 Å². The van der Waals surface area contributed by atoms with Crippen molar-refractivity contribution < 1.29 is 0 Å². The molecule has 0 aromatic rings. The van der Waals surface area contributed by atoms with Gasteiger partial charge >= 0.3 is 0 Å². The minimum atomic E-state index is 1.07. The molecule has 0 nitrogen and oxygen atoms in total. The van der Waals surface area contributed by atoms with Gasteiger partial charge in [0.2, 0.25) is 0 Å². The van der Waals surface area contributed by atoms with Crippen LogP contribution in [0.15, 0.2) is 24.3 Å². The SMILES string of the molecule is [CH2]CCCCC=CC=CCCCCCCCCC. The first-order valence-electron chi connectivity index (χ1n) is 8.02. The number of allylic oxidation sites excluding steroid dienone is 4. The molecule has 0 atom stereocenters. The Labute approximate surface area is 116 Å². The van der Waals surface area contributed by atoms with Crippen molar-refractivity contribution in [1.29, 1.82) is 0 Å². The third-order valence-corrected chi connectivity index (χ3v) is 3.23. The van der Waals surface area contributed by atoms with E-state index in [0.717, 1.165) is 6.42 Å². The molecule has 0 bridgehead atoms. The Morgan fingerprint density at radius 3 is 1.72 bits per heavy atom. The number of unbranched alkanes of at least 4 members (excludes halogenated alkanes) is 10. The van der Waals surface area contributed by atoms with E-state index in [1.807, 2.05) is 0 Å². The Balaban J connectivity index is 3.13. The molecule has 105 valence electrons. The first-order chi connectivity index (χ1) is 8.91. The predicted molar refractivity (Wildman–Crippen MR) is 84.7 cm³/mol. The molecule has 0 spiro atoms. The predicted octanol–water partition coefficient (Wildman–Crippen LogP) is 6.63. The zero-order valence-corrected chi connectivity index (χ0v) is 12.5. The summed E-state index contributed by atoms with van der Waals surface area (Å²) in [5.74, 6) is 0. The summed E-state index contributed by atoms with van der Waals surface area (Å²) in [6.07, 6.45) is 24.9. The maximum atomic E-state index is 3.85. The second kappa shape index (κ2) is 16.5. The molecule has 0 N–H and O–H groups in total. The molecule has 0 aliphatic rings. The Kier molecular flexibility index (Phi) is 16.0. The molecular formula is C18H33. The fourth-order valence-corrected chi connectivity index (χ4v) is 2.01. The van der Waals surface area contributed by atoms with Gasteiger partial charge in [0, 0.05) is 0 Å². The molecule has 18 heavy (non-hydrogen) atoms. The van der Waals surface area contributed by atoms with Crippen LogP contribution in [0.2, 0.25) is 0 Å². The maximum Gasteiger partial charge on any atom is -0.0348 e. The molecule has 0 saturated carbocycles. The van der Waals surface area contributed by atoms with Crippen LogP contribution in [0.5, 0.6) is 0 Å². The summed E-state index contributed by atoms with van der Waals surface area (Å²) in [5.41, 5.74) is 0. The van der Waals surface area contributed by atoms with Gasteiger partial charge in [-0.2, -0.15) is 0 Å². The van der Waals surface area contributed by atoms with Crippen LogP contribution in [-0.2, 0) is 0 Å². The van der Waals surface area contributed by atoms with E-state index in [1.165, 1.54) is 70.6 Å². The van der Waals surface area contributed by atoms with Crippen molar-refractivity contribution in [2.24, 2.45) is 0 Å². The van der Waals surface area contributed by atoms with E-state index >= 15 is 0 Å². The average Bonchev–Trinajstić information content (AvgIpc) is 2.39. The zero-order chi connectivity index (χ0) is 13.3. The average molecular weight is 249 g/mol. The summed E-state index contributed by atoms with van der Waals surface area (Å²) in [5, 5.41) is 0. The first kappa shape index (κ1) is 17.5. The third kappa shape index (κ3) is 15.5. The van der Waals surface area contributed by atoms with E-state index < -0.39 is 0 Å². The molecule has 0 saturated heterocycles. The molecule has 0 heteroatoms. The lowest BCUT2D eigenvalue weighted by Crippen LogP contribution is -1.78. The van der Waals surface area contributed by atoms with Crippen LogP contribution in [0.4, 0.5) is 0 Å². The van der Waals surface area contributed by atoms with Gasteiger partial charge in [0.05, 0.1) is 0 Å². The molecule has 0 aliphatic carbocycles. The van der Waals surface area contributed by atoms with E-state index in [1.54, 1.807) is 0 Å². The monoisotopic (exact) mass is 249 g/mol. The van der Waals surface area contributed by atoms with E-state index in [2.05, 4.69) is 38.2 Å². The van der Waals surface area contributed by atoms with Crippen LogP contribution in [0.3, 0.4) is 0 Å². The lowest BCUT2D eigenvalue weighted by Gasteiger charge is -1.98. The lowest BCUT2D eigenvalue weighted by molar-refractivity contribution is 0.592. The van der Waals surface area contributed by atoms with Crippen molar-refractivity contribution in [2.75, 3.05) is 0 Å². The molecule has 0 aromatic carbocycles. The topological polar surface area (TPSA) is 0 Å². The largest absolute Gasteiger partial charge is 0.0845 e. The van der Waals surface area contributed by atoms with Gasteiger partial charge in [0.25, 0.3) is 0 Å². The van der Waals surface area contributed by atoms with Crippen LogP contribution < -0.4 is 0 Å². The Hall–Kier alpha value is -0.520. The van der Waals surface area contributed by atoms with Gasteiger partial charge in [-0.1, -0.05) is 89.5 Å². The molecular weight excluding hydrogens is 216 g/mol. The maximum absolute atomic E-state index is 3.85. The number of hydrogen-bond acceptors (Lipinski definition) is 0. The summed E-state index contributed by atoms with van der Waals surface area (Å²) in [4.78, 5) is 0. The van der Waals surface area contributed by atoms with Crippen LogP contribution in [-0.4, -0.2) is 0 Å². The van der Waals surface area contributed by atoms with Crippen molar-refractivity contribution >= 4 is 0 Å². The minimum Gasteiger partial charge on any atom is -0.0845 e. The summed E-state index contributed by atoms with van der Waals surface area (Å²) in [6.45, 7) is 6.12. The molecule has 0 heterocycles. The smallest absolute Gasteiger partial charge is 0.0348 e. The van der Waals surface area contributed by atoms with Crippen LogP contribution in [0.25, 0.3) is 0 Å². The molecule has 0 unspecified atom stereocenters. The van der Waals surface area contributed by atoms with E-state index in [-0.39, 0.29) is 0 Å². The summed E-state index contributed by atoms with van der Waals surface area (Å²) >= 11 is 0. The zero-order valence-electron chi connectivity index (χ0n) is 12.5. The van der Waals surface area contributed by atoms with Crippen molar-refractivity contribution in [3.8, 4) is 0 Å². The lowest BCUT2D eigenvalue weighted by atomic mass is 10.1. The number of hydrogen-bond donors (Lipinski definition) is 0. The van der Waals surface area contributed by atoms with Gasteiger partial charge in [-0.25, -0.2) is 0 Å². The van der Waals surface area contributed by atoms with Crippen molar-refractivity contribution in [1.82, 2.24) is 0 Å². The standard InChI is InChI=1S/C18H33/c1-3-5-7-9-11-13-15-17-18-16-14-12-10-8-6-4-2/h11,13,15,17H,1,3-10,12,14,16,18H2,2H3. The fraction of sp³-hybridized carbons (Fsp3) is 0.722. The Bertz CT molecular complexity index is 188. The minimum absolute atomic E-state index is 1.07. The highest BCUT2D eigenvalue weighted by molar-refractivity contribution is 5.02. The van der Waals surface area contributed by atoms with Gasteiger partial charge in [0.15, 0.2) is 0 Å². The van der Waals surface area contributed by atoms with Gasteiger partial charge in [-0.3, -0.25) is 0 Å².